The summed E-state index contributed by atoms with van der Waals surface area (Å²) in [6.45, 7) is 35.4. The van der Waals surface area contributed by atoms with Crippen molar-refractivity contribution >= 4 is 44.3 Å². The molecule has 0 N–H and O–H groups in total. The van der Waals surface area contributed by atoms with Gasteiger partial charge in [0.2, 0.25) is 0 Å². The zero-order valence-electron chi connectivity index (χ0n) is 47.6. The number of carbonyl (C=O) groups is 2. The highest BCUT2D eigenvalue weighted by atomic mass is 79.9. The second-order valence-electron chi connectivity index (χ2n) is 25.5. The quantitative estimate of drug-likeness (QED) is 0.0379. The third kappa shape index (κ3) is 13.9. The first-order valence-electron chi connectivity index (χ1n) is 29.3. The number of halogens is 1. The predicted molar refractivity (Wildman–Crippen MR) is 301 cm³/mol. The van der Waals surface area contributed by atoms with E-state index in [1.54, 1.807) is 12.1 Å². The number of hydrogen-bond donors (Lipinski definition) is 0. The number of fused-ring (bicyclic) bond motifs is 1. The zero-order valence-corrected chi connectivity index (χ0v) is 51.2. The first-order valence-corrected chi connectivity index (χ1v) is 35.5. The molecule has 0 aromatic heterocycles. The van der Waals surface area contributed by atoms with Crippen LogP contribution in [0.2, 0.25) is 36.3 Å². The summed E-state index contributed by atoms with van der Waals surface area (Å²) in [4.78, 5) is 27.8. The molecule has 18 atom stereocenters. The highest BCUT2D eigenvalue weighted by Crippen LogP contribution is 2.54. The van der Waals surface area contributed by atoms with Crippen molar-refractivity contribution in [3.63, 3.8) is 0 Å². The second kappa shape index (κ2) is 25.0. The Morgan fingerprint density at radius 1 is 0.853 bits per heavy atom. The summed E-state index contributed by atoms with van der Waals surface area (Å²) in [7, 11) is -3.57. The van der Waals surface area contributed by atoms with E-state index < -0.39 is 40.7 Å². The van der Waals surface area contributed by atoms with Crippen LogP contribution < -0.4 is 0 Å². The van der Waals surface area contributed by atoms with Crippen molar-refractivity contribution in [1.29, 1.82) is 0 Å². The number of hydrogen-bond acceptors (Lipinski definition) is 12. The van der Waals surface area contributed by atoms with Crippen LogP contribution in [-0.2, 0) is 51.5 Å². The third-order valence-corrected chi connectivity index (χ3v) is 28.8. The molecule has 4 unspecified atom stereocenters. The van der Waals surface area contributed by atoms with Gasteiger partial charge in [-0.1, -0.05) is 110 Å². The molecule has 0 saturated carbocycles. The van der Waals surface area contributed by atoms with Crippen LogP contribution in [0.15, 0.2) is 53.5 Å². The standard InChI is InChI=1S/C60H95BrO12Si2/c1-14-75(15-2,16-3)64-28-20-23-44-30-38(5)40(7)50(66-44)34-51-47(41(8)49(69-51)29-37(4)36-65-74(12,13)59(9,10)11)33-43(62)32-45-24-25-48-53(67-45)57-56-55(70-48)54-52(71-56)35-60(72-54,73-57)27-26-46(31-39(6)61)68-58(63)42-21-18-17-19-22-42/h17-19,21-22,37-38,41,44-57H,6-7,14-16,20,23-36H2,1-5,8-13H3/t37-,38+,41+,44-,45+,46+,47+,48-,49+,50+,51?,52?,53?,54-,55-,56?,57-,60-/m0/s1. The molecular formula is C60H95BrO12Si2. The van der Waals surface area contributed by atoms with Crippen molar-refractivity contribution < 1.29 is 56.3 Å². The van der Waals surface area contributed by atoms with Crippen molar-refractivity contribution in [3.8, 4) is 0 Å². The molecule has 1 aromatic rings. The van der Waals surface area contributed by atoms with E-state index >= 15 is 0 Å². The zero-order chi connectivity index (χ0) is 54.0. The first-order chi connectivity index (χ1) is 35.6. The smallest absolute Gasteiger partial charge is 0.338 e. The van der Waals surface area contributed by atoms with Crippen LogP contribution in [0.25, 0.3) is 0 Å². The van der Waals surface area contributed by atoms with E-state index in [9.17, 15) is 9.59 Å². The molecule has 0 amide bonds. The number of ether oxygens (including phenoxy) is 8. The van der Waals surface area contributed by atoms with Crippen LogP contribution in [-0.4, -0.2) is 127 Å². The van der Waals surface area contributed by atoms with E-state index in [1.165, 1.54) is 0 Å². The van der Waals surface area contributed by atoms with Crippen molar-refractivity contribution in [3.05, 3.63) is 59.1 Å². The van der Waals surface area contributed by atoms with Gasteiger partial charge in [0.05, 0.1) is 48.3 Å². The Morgan fingerprint density at radius 3 is 2.24 bits per heavy atom. The first kappa shape index (κ1) is 59.5. The lowest BCUT2D eigenvalue weighted by atomic mass is 9.78. The number of Topliss-reactive ketones (excluding diaryl/α,β-unsaturated/α-hetero) is 1. The van der Waals surface area contributed by atoms with Gasteiger partial charge in [0, 0.05) is 51.7 Å². The summed E-state index contributed by atoms with van der Waals surface area (Å²) < 4.78 is 68.7. The topological polar surface area (TPSA) is 126 Å². The predicted octanol–water partition coefficient (Wildman–Crippen LogP) is 13.2. The third-order valence-electron chi connectivity index (χ3n) is 19.3. The summed E-state index contributed by atoms with van der Waals surface area (Å²) >= 11 is 3.51. The molecule has 8 saturated heterocycles. The Hall–Kier alpha value is -1.61. The number of rotatable bonds is 26. The van der Waals surface area contributed by atoms with E-state index in [0.717, 1.165) is 73.3 Å². The fourth-order valence-electron chi connectivity index (χ4n) is 13.3. The maximum atomic E-state index is 14.6. The van der Waals surface area contributed by atoms with Gasteiger partial charge in [0.15, 0.2) is 22.4 Å². The fourth-order valence-corrected chi connectivity index (χ4v) is 17.4. The summed E-state index contributed by atoms with van der Waals surface area (Å²) in [5.74, 6) is -0.303. The Balaban J connectivity index is 0.919. The number of esters is 1. The molecule has 422 valence electrons. The lowest BCUT2D eigenvalue weighted by molar-refractivity contribution is -0.292. The molecule has 8 fully saturated rings. The van der Waals surface area contributed by atoms with Gasteiger partial charge < -0.3 is 46.7 Å². The van der Waals surface area contributed by atoms with Crippen LogP contribution >= 0.6 is 15.9 Å². The van der Waals surface area contributed by atoms with Crippen molar-refractivity contribution in [2.75, 3.05) is 13.2 Å². The Labute approximate surface area is 461 Å². The van der Waals surface area contributed by atoms with Crippen molar-refractivity contribution in [1.82, 2.24) is 0 Å². The van der Waals surface area contributed by atoms with Gasteiger partial charge in [-0.3, -0.25) is 4.79 Å². The molecule has 15 heteroatoms. The average Bonchev–Trinajstić information content (AvgIpc) is 3.98. The Bertz CT molecular complexity index is 2090. The molecule has 12 nitrogen and oxygen atoms in total. The van der Waals surface area contributed by atoms with Gasteiger partial charge in [0.1, 0.15) is 42.4 Å². The van der Waals surface area contributed by atoms with E-state index in [4.69, 9.17) is 46.7 Å². The number of carbonyl (C=O) groups excluding carboxylic acids is 2. The van der Waals surface area contributed by atoms with Crippen molar-refractivity contribution in [2.24, 2.45) is 23.7 Å². The van der Waals surface area contributed by atoms with Crippen LogP contribution in [0.5, 0.6) is 0 Å². The molecule has 1 aromatic carbocycles. The van der Waals surface area contributed by atoms with E-state index in [0.29, 0.717) is 69.0 Å². The van der Waals surface area contributed by atoms with Gasteiger partial charge >= 0.3 is 5.97 Å². The minimum atomic E-state index is -1.92. The maximum absolute atomic E-state index is 14.6. The minimum absolute atomic E-state index is 0.0000850. The second-order valence-corrected chi connectivity index (χ2v) is 36.2. The highest BCUT2D eigenvalue weighted by molar-refractivity contribution is 9.11. The molecule has 8 heterocycles. The Kier molecular flexibility index (Phi) is 19.9. The van der Waals surface area contributed by atoms with Crippen LogP contribution in [0.1, 0.15) is 156 Å². The summed E-state index contributed by atoms with van der Waals surface area (Å²) in [6, 6.07) is 12.5. The minimum Gasteiger partial charge on any atom is -0.458 e. The molecule has 8 aliphatic heterocycles. The van der Waals surface area contributed by atoms with E-state index in [2.05, 4.69) is 104 Å². The van der Waals surface area contributed by atoms with Gasteiger partial charge in [-0.2, -0.15) is 0 Å². The van der Waals surface area contributed by atoms with Crippen LogP contribution in [0.4, 0.5) is 0 Å². The Morgan fingerprint density at radius 2 is 1.55 bits per heavy atom. The molecule has 6 bridgehead atoms. The lowest BCUT2D eigenvalue weighted by Gasteiger charge is -2.47. The van der Waals surface area contributed by atoms with Gasteiger partial charge in [-0.25, -0.2) is 4.79 Å². The fraction of sp³-hybridized carbons (Fsp3) is 0.800. The van der Waals surface area contributed by atoms with E-state index in [-0.39, 0.29) is 89.7 Å². The number of benzene rings is 1. The lowest BCUT2D eigenvalue weighted by Crippen LogP contribution is -2.61. The molecule has 8 aliphatic rings. The van der Waals surface area contributed by atoms with Crippen LogP contribution in [0.3, 0.4) is 0 Å². The van der Waals surface area contributed by atoms with Crippen molar-refractivity contribution in [2.45, 2.75) is 267 Å². The molecule has 0 spiro atoms. The monoisotopic (exact) mass is 1140 g/mol. The van der Waals surface area contributed by atoms with Crippen LogP contribution in [0, 0.1) is 23.7 Å². The highest BCUT2D eigenvalue weighted by Gasteiger charge is 2.69. The van der Waals surface area contributed by atoms with Gasteiger partial charge in [-0.15, -0.1) is 0 Å². The largest absolute Gasteiger partial charge is 0.458 e. The molecule has 0 aliphatic carbocycles. The maximum Gasteiger partial charge on any atom is 0.338 e. The molecule has 75 heavy (non-hydrogen) atoms. The normalized spacial score (nSPS) is 36.3. The number of ketones is 1. The van der Waals surface area contributed by atoms with Gasteiger partial charge in [-0.05, 0) is 127 Å². The summed E-state index contributed by atoms with van der Waals surface area (Å²) in [5.41, 5.74) is 1.64. The molecular weight excluding hydrogens is 1050 g/mol. The summed E-state index contributed by atoms with van der Waals surface area (Å²) in [5, 5.41) is 0.135. The SMILES string of the molecule is C=C(Br)C[C@@H](CC[C@@]12CC3OC4[C@@H](O1)C1O[C@@H](CC(=O)C[C@H]5C(C[C@H]6O[C@@H](CCCO[Si](CC)(CC)CC)C[C@@H](C)C6=C)O[C@H](C[C@H](C)CO[Si](C)(C)C(C)(C)C)[C@@H]5C)CC[C@@H]1O[C@H]4[C@H]3O2)OC(=O)c1ccccc1. The van der Waals surface area contributed by atoms with Gasteiger partial charge in [0.25, 0.3) is 0 Å². The molecule has 0 radical (unpaired) electrons. The van der Waals surface area contributed by atoms with E-state index in [1.807, 2.05) is 18.2 Å². The average molecular weight is 1140 g/mol. The molecule has 9 rings (SSSR count). The summed E-state index contributed by atoms with van der Waals surface area (Å²) in [6.07, 6.45) is 5.76.